The fourth-order valence-corrected chi connectivity index (χ4v) is 2.10. The van der Waals surface area contributed by atoms with E-state index in [1.165, 1.54) is 0 Å². The summed E-state index contributed by atoms with van der Waals surface area (Å²) < 4.78 is 10.6. The summed E-state index contributed by atoms with van der Waals surface area (Å²) in [5.41, 5.74) is 0. The van der Waals surface area contributed by atoms with Crippen molar-refractivity contribution in [3.05, 3.63) is 24.2 Å². The van der Waals surface area contributed by atoms with Gasteiger partial charge >= 0.3 is 0 Å². The van der Waals surface area contributed by atoms with Gasteiger partial charge < -0.3 is 19.6 Å². The Balaban J connectivity index is 1.66. The number of morpholine rings is 1. The maximum Gasteiger partial charge on any atom is 0.120 e. The van der Waals surface area contributed by atoms with Gasteiger partial charge in [0.2, 0.25) is 0 Å². The Morgan fingerprint density at radius 3 is 2.89 bits per heavy atom. The molecule has 5 heteroatoms. The molecule has 0 saturated carbocycles. The Labute approximate surface area is 108 Å². The molecule has 1 saturated heterocycles. The Hall–Kier alpha value is -0.880. The lowest BCUT2D eigenvalue weighted by Gasteiger charge is -2.28. The number of hydrogen-bond acceptors (Lipinski definition) is 5. The maximum atomic E-state index is 9.97. The third kappa shape index (κ3) is 4.10. The van der Waals surface area contributed by atoms with Gasteiger partial charge in [0.05, 0.1) is 31.6 Å². The third-order valence-electron chi connectivity index (χ3n) is 3.20. The summed E-state index contributed by atoms with van der Waals surface area (Å²) in [5.74, 6) is 0.897. The van der Waals surface area contributed by atoms with Crippen LogP contribution in [0, 0.1) is 0 Å². The van der Waals surface area contributed by atoms with Crippen LogP contribution in [0.5, 0.6) is 0 Å². The zero-order valence-corrected chi connectivity index (χ0v) is 10.8. The molecule has 102 valence electrons. The molecule has 0 aromatic carbocycles. The van der Waals surface area contributed by atoms with E-state index in [4.69, 9.17) is 9.15 Å². The molecule has 1 unspecified atom stereocenters. The minimum absolute atomic E-state index is 0.124. The molecular weight excluding hydrogens is 232 g/mol. The van der Waals surface area contributed by atoms with E-state index in [0.717, 1.165) is 32.1 Å². The van der Waals surface area contributed by atoms with E-state index < -0.39 is 0 Å². The van der Waals surface area contributed by atoms with Crippen molar-refractivity contribution in [1.82, 2.24) is 10.2 Å². The Bertz CT molecular complexity index is 323. The molecule has 5 nitrogen and oxygen atoms in total. The van der Waals surface area contributed by atoms with Crippen LogP contribution in [-0.4, -0.2) is 55.5 Å². The second-order valence-electron chi connectivity index (χ2n) is 4.71. The predicted molar refractivity (Wildman–Crippen MR) is 68.4 cm³/mol. The van der Waals surface area contributed by atoms with Crippen molar-refractivity contribution < 1.29 is 14.3 Å². The van der Waals surface area contributed by atoms with E-state index in [-0.39, 0.29) is 12.1 Å². The van der Waals surface area contributed by atoms with Gasteiger partial charge in [0.1, 0.15) is 5.76 Å². The fourth-order valence-electron chi connectivity index (χ4n) is 2.10. The van der Waals surface area contributed by atoms with Crippen LogP contribution in [0.25, 0.3) is 0 Å². The molecule has 0 bridgehead atoms. The smallest absolute Gasteiger partial charge is 0.120 e. The molecule has 1 aromatic rings. The van der Waals surface area contributed by atoms with E-state index in [1.807, 2.05) is 19.1 Å². The molecule has 2 N–H and O–H groups in total. The van der Waals surface area contributed by atoms with Gasteiger partial charge in [0.15, 0.2) is 0 Å². The first-order valence-electron chi connectivity index (χ1n) is 6.50. The summed E-state index contributed by atoms with van der Waals surface area (Å²) in [4.78, 5) is 2.23. The van der Waals surface area contributed by atoms with Crippen LogP contribution in [-0.2, 0) is 4.74 Å². The van der Waals surface area contributed by atoms with E-state index in [9.17, 15) is 5.11 Å². The normalized spacial score (nSPS) is 20.8. The molecule has 2 heterocycles. The summed E-state index contributed by atoms with van der Waals surface area (Å²) in [6.45, 7) is 6.64. The number of hydrogen-bond donors (Lipinski definition) is 2. The van der Waals surface area contributed by atoms with Crippen LogP contribution >= 0.6 is 0 Å². The van der Waals surface area contributed by atoms with Crippen LogP contribution in [0.2, 0.25) is 0 Å². The zero-order valence-electron chi connectivity index (χ0n) is 10.8. The lowest BCUT2D eigenvalue weighted by Crippen LogP contribution is -2.44. The number of nitrogens with one attached hydrogen (secondary N) is 1. The van der Waals surface area contributed by atoms with E-state index in [0.29, 0.717) is 13.1 Å². The molecule has 1 aliphatic rings. The third-order valence-corrected chi connectivity index (χ3v) is 3.20. The molecule has 0 radical (unpaired) electrons. The van der Waals surface area contributed by atoms with Crippen molar-refractivity contribution in [2.24, 2.45) is 0 Å². The summed E-state index contributed by atoms with van der Waals surface area (Å²) in [7, 11) is 0. The predicted octanol–water partition coefficient (Wildman–Crippen LogP) is 0.623. The van der Waals surface area contributed by atoms with E-state index in [2.05, 4.69) is 10.2 Å². The number of rotatable bonds is 6. The standard InChI is InChI=1S/C13H22N2O3/c1-11(13-3-2-6-18-13)14-9-12(16)10-15-4-7-17-8-5-15/h2-3,6,11-12,14,16H,4-5,7-10H2,1H3/t11-,12?/m1/s1. The minimum Gasteiger partial charge on any atom is -0.468 e. The molecule has 1 fully saturated rings. The lowest BCUT2D eigenvalue weighted by atomic mass is 10.2. The second-order valence-corrected chi connectivity index (χ2v) is 4.71. The van der Waals surface area contributed by atoms with Crippen LogP contribution in [0.4, 0.5) is 0 Å². The molecular formula is C13H22N2O3. The summed E-state index contributed by atoms with van der Waals surface area (Å²) >= 11 is 0. The van der Waals surface area contributed by atoms with Crippen molar-refractivity contribution in [3.8, 4) is 0 Å². The van der Waals surface area contributed by atoms with Crippen LogP contribution < -0.4 is 5.32 Å². The molecule has 18 heavy (non-hydrogen) atoms. The van der Waals surface area contributed by atoms with Gasteiger partial charge in [-0.1, -0.05) is 0 Å². The Kier molecular flexibility index (Phi) is 5.19. The monoisotopic (exact) mass is 254 g/mol. The number of ether oxygens (including phenoxy) is 1. The van der Waals surface area contributed by atoms with Crippen LogP contribution in [0.1, 0.15) is 18.7 Å². The maximum absolute atomic E-state index is 9.97. The van der Waals surface area contributed by atoms with Gasteiger partial charge in [-0.05, 0) is 19.1 Å². The Morgan fingerprint density at radius 2 is 2.22 bits per heavy atom. The van der Waals surface area contributed by atoms with Crippen molar-refractivity contribution in [2.45, 2.75) is 19.1 Å². The number of aliphatic hydroxyl groups excluding tert-OH is 1. The minimum atomic E-state index is -0.361. The molecule has 0 aliphatic carbocycles. The molecule has 2 rings (SSSR count). The van der Waals surface area contributed by atoms with Gasteiger partial charge in [-0.25, -0.2) is 0 Å². The number of β-amino-alcohol motifs (C(OH)–C–C–N with tert-alkyl or cyclic N) is 1. The first kappa shape index (κ1) is 13.5. The molecule has 1 aliphatic heterocycles. The molecule has 0 spiro atoms. The quantitative estimate of drug-likeness (QED) is 0.779. The highest BCUT2D eigenvalue weighted by Crippen LogP contribution is 2.11. The second kappa shape index (κ2) is 6.89. The first-order valence-corrected chi connectivity index (χ1v) is 6.50. The Morgan fingerprint density at radius 1 is 1.44 bits per heavy atom. The molecule has 2 atom stereocenters. The number of nitrogens with zero attached hydrogens (tertiary/aromatic N) is 1. The highest BCUT2D eigenvalue weighted by Gasteiger charge is 2.16. The van der Waals surface area contributed by atoms with Gasteiger partial charge in [0.25, 0.3) is 0 Å². The van der Waals surface area contributed by atoms with Gasteiger partial charge in [-0.2, -0.15) is 0 Å². The summed E-state index contributed by atoms with van der Waals surface area (Å²) in [5, 5.41) is 13.2. The first-order chi connectivity index (χ1) is 8.75. The average molecular weight is 254 g/mol. The van der Waals surface area contributed by atoms with Crippen molar-refractivity contribution in [1.29, 1.82) is 0 Å². The molecule has 1 aromatic heterocycles. The lowest BCUT2D eigenvalue weighted by molar-refractivity contribution is 0.0144. The number of aliphatic hydroxyl groups is 1. The summed E-state index contributed by atoms with van der Waals surface area (Å²) in [6.07, 6.45) is 1.30. The number of furan rings is 1. The van der Waals surface area contributed by atoms with E-state index in [1.54, 1.807) is 6.26 Å². The highest BCUT2D eigenvalue weighted by atomic mass is 16.5. The van der Waals surface area contributed by atoms with Crippen molar-refractivity contribution in [2.75, 3.05) is 39.4 Å². The van der Waals surface area contributed by atoms with Gasteiger partial charge in [-0.3, -0.25) is 4.90 Å². The van der Waals surface area contributed by atoms with Crippen LogP contribution in [0.15, 0.2) is 22.8 Å². The summed E-state index contributed by atoms with van der Waals surface area (Å²) in [6, 6.07) is 3.93. The molecule has 0 amide bonds. The highest BCUT2D eigenvalue weighted by molar-refractivity contribution is 5.02. The average Bonchev–Trinajstić information content (AvgIpc) is 2.91. The zero-order chi connectivity index (χ0) is 12.8. The van der Waals surface area contributed by atoms with E-state index >= 15 is 0 Å². The largest absolute Gasteiger partial charge is 0.468 e. The topological polar surface area (TPSA) is 57.9 Å². The van der Waals surface area contributed by atoms with Crippen molar-refractivity contribution >= 4 is 0 Å². The van der Waals surface area contributed by atoms with Crippen molar-refractivity contribution in [3.63, 3.8) is 0 Å². The van der Waals surface area contributed by atoms with Gasteiger partial charge in [0, 0.05) is 26.2 Å². The fraction of sp³-hybridized carbons (Fsp3) is 0.692. The van der Waals surface area contributed by atoms with Gasteiger partial charge in [-0.15, -0.1) is 0 Å². The SMILES string of the molecule is C[C@@H](NCC(O)CN1CCOCC1)c1ccco1. The van der Waals surface area contributed by atoms with Crippen LogP contribution in [0.3, 0.4) is 0 Å².